The topological polar surface area (TPSA) is 76.4 Å². The van der Waals surface area contributed by atoms with Crippen molar-refractivity contribution >= 4 is 23.1 Å². The highest BCUT2D eigenvalue weighted by Crippen LogP contribution is 2.37. The molecule has 0 aliphatic carbocycles. The standard InChI is InChI=1S/C19H12ClF3N4O/c20-13-9-11(3-6-14(13)28)16-15(26-17(24)18-25-7-8-27(16)18)10-1-4-12(5-2-10)19(21,22)23/h1-9,28H,(H2,24,26). The van der Waals surface area contributed by atoms with Gasteiger partial charge in [0.1, 0.15) is 5.75 Å². The predicted molar refractivity (Wildman–Crippen MR) is 99.9 cm³/mol. The molecule has 0 amide bonds. The third-order valence-corrected chi connectivity index (χ3v) is 4.58. The molecule has 2 aromatic heterocycles. The molecule has 3 N–H and O–H groups in total. The summed E-state index contributed by atoms with van der Waals surface area (Å²) in [5.41, 5.74) is 7.56. The summed E-state index contributed by atoms with van der Waals surface area (Å²) >= 11 is 6.04. The van der Waals surface area contributed by atoms with Gasteiger partial charge in [0.2, 0.25) is 0 Å². The van der Waals surface area contributed by atoms with E-state index in [2.05, 4.69) is 9.97 Å². The molecule has 28 heavy (non-hydrogen) atoms. The SMILES string of the molecule is Nc1nc(-c2ccc(C(F)(F)F)cc2)c(-c2ccc(O)c(Cl)c2)n2ccnc12. The van der Waals surface area contributed by atoms with Crippen molar-refractivity contribution in [1.29, 1.82) is 0 Å². The molecule has 4 rings (SSSR count). The van der Waals surface area contributed by atoms with Gasteiger partial charge in [0.15, 0.2) is 11.5 Å². The summed E-state index contributed by atoms with van der Waals surface area (Å²) in [5, 5.41) is 9.83. The van der Waals surface area contributed by atoms with Crippen LogP contribution in [0.2, 0.25) is 5.02 Å². The van der Waals surface area contributed by atoms with Gasteiger partial charge in [0, 0.05) is 23.5 Å². The average molecular weight is 405 g/mol. The van der Waals surface area contributed by atoms with Crippen LogP contribution in [0.4, 0.5) is 19.0 Å². The van der Waals surface area contributed by atoms with E-state index in [0.29, 0.717) is 28.2 Å². The number of phenols is 1. The Hall–Kier alpha value is -3.26. The fourth-order valence-corrected chi connectivity index (χ4v) is 3.14. The normalized spacial score (nSPS) is 11.9. The van der Waals surface area contributed by atoms with Gasteiger partial charge in [-0.2, -0.15) is 13.2 Å². The molecule has 5 nitrogen and oxygen atoms in total. The number of nitrogen functional groups attached to an aromatic ring is 1. The van der Waals surface area contributed by atoms with E-state index in [1.165, 1.54) is 30.5 Å². The molecule has 0 radical (unpaired) electrons. The molecule has 142 valence electrons. The number of hydrogen-bond donors (Lipinski definition) is 2. The number of halogens is 4. The largest absolute Gasteiger partial charge is 0.506 e. The van der Waals surface area contributed by atoms with Crippen LogP contribution in [0.15, 0.2) is 54.9 Å². The van der Waals surface area contributed by atoms with Gasteiger partial charge < -0.3 is 10.8 Å². The van der Waals surface area contributed by atoms with Crippen LogP contribution in [-0.4, -0.2) is 19.5 Å². The van der Waals surface area contributed by atoms with Crippen molar-refractivity contribution in [2.45, 2.75) is 6.18 Å². The number of alkyl halides is 3. The van der Waals surface area contributed by atoms with E-state index in [9.17, 15) is 18.3 Å². The lowest BCUT2D eigenvalue weighted by molar-refractivity contribution is -0.137. The molecule has 2 heterocycles. The molecule has 0 fully saturated rings. The first-order chi connectivity index (χ1) is 13.3. The Kier molecular flexibility index (Phi) is 4.15. The molecule has 0 saturated carbocycles. The molecule has 9 heteroatoms. The van der Waals surface area contributed by atoms with Gasteiger partial charge in [0.25, 0.3) is 0 Å². The number of aromatic hydroxyl groups is 1. The molecule has 0 atom stereocenters. The van der Waals surface area contributed by atoms with Crippen molar-refractivity contribution in [3.05, 3.63) is 65.4 Å². The van der Waals surface area contributed by atoms with Gasteiger partial charge in [-0.25, -0.2) is 9.97 Å². The minimum absolute atomic E-state index is 0.0909. The number of phenolic OH excluding ortho intramolecular Hbond substituents is 1. The first-order valence-corrected chi connectivity index (χ1v) is 8.42. The van der Waals surface area contributed by atoms with Crippen molar-refractivity contribution in [2.24, 2.45) is 0 Å². The van der Waals surface area contributed by atoms with Gasteiger partial charge in [0.05, 0.1) is 22.0 Å². The maximum absolute atomic E-state index is 12.9. The van der Waals surface area contributed by atoms with Gasteiger partial charge in [-0.3, -0.25) is 4.40 Å². The zero-order chi connectivity index (χ0) is 20.1. The highest BCUT2D eigenvalue weighted by Gasteiger charge is 2.30. The van der Waals surface area contributed by atoms with Crippen LogP contribution in [0.25, 0.3) is 28.2 Å². The van der Waals surface area contributed by atoms with E-state index >= 15 is 0 Å². The predicted octanol–water partition coefficient (Wildman–Crippen LogP) is 5.02. The van der Waals surface area contributed by atoms with Crippen LogP contribution >= 0.6 is 11.6 Å². The van der Waals surface area contributed by atoms with Crippen molar-refractivity contribution in [2.75, 3.05) is 5.73 Å². The number of nitrogens with two attached hydrogens (primary N) is 1. The Balaban J connectivity index is 1.99. The van der Waals surface area contributed by atoms with E-state index in [1.54, 1.807) is 16.7 Å². The fourth-order valence-electron chi connectivity index (χ4n) is 2.96. The van der Waals surface area contributed by atoms with E-state index < -0.39 is 11.7 Å². The summed E-state index contributed by atoms with van der Waals surface area (Å²) in [4.78, 5) is 8.54. The van der Waals surface area contributed by atoms with Crippen LogP contribution in [0, 0.1) is 0 Å². The molecule has 0 aliphatic heterocycles. The zero-order valence-corrected chi connectivity index (χ0v) is 14.8. The third kappa shape index (κ3) is 3.01. The summed E-state index contributed by atoms with van der Waals surface area (Å²) in [6, 6.07) is 9.22. The smallest absolute Gasteiger partial charge is 0.416 e. The Bertz CT molecular complexity index is 1190. The van der Waals surface area contributed by atoms with Crippen LogP contribution in [0.5, 0.6) is 5.75 Å². The summed E-state index contributed by atoms with van der Waals surface area (Å²) < 4.78 is 40.4. The van der Waals surface area contributed by atoms with Crippen LogP contribution in [0.1, 0.15) is 5.56 Å². The Labute approximate surface area is 161 Å². The first kappa shape index (κ1) is 18.1. The molecule has 0 bridgehead atoms. The molecule has 0 unspecified atom stereocenters. The number of benzene rings is 2. The van der Waals surface area contributed by atoms with Crippen LogP contribution in [0.3, 0.4) is 0 Å². The van der Waals surface area contributed by atoms with E-state index in [1.807, 2.05) is 0 Å². The molecular weight excluding hydrogens is 393 g/mol. The molecule has 4 aromatic rings. The second-order valence-electron chi connectivity index (χ2n) is 6.06. The quantitative estimate of drug-likeness (QED) is 0.491. The maximum atomic E-state index is 12.9. The Morgan fingerprint density at radius 1 is 1.04 bits per heavy atom. The number of nitrogens with zero attached hydrogens (tertiary/aromatic N) is 3. The van der Waals surface area contributed by atoms with E-state index in [4.69, 9.17) is 17.3 Å². The second-order valence-corrected chi connectivity index (χ2v) is 6.46. The van der Waals surface area contributed by atoms with Crippen molar-refractivity contribution in [1.82, 2.24) is 14.4 Å². The Morgan fingerprint density at radius 2 is 1.71 bits per heavy atom. The molecular formula is C19H12ClF3N4O. The van der Waals surface area contributed by atoms with E-state index in [-0.39, 0.29) is 16.6 Å². The average Bonchev–Trinajstić information content (AvgIpc) is 3.14. The number of fused-ring (bicyclic) bond motifs is 1. The third-order valence-electron chi connectivity index (χ3n) is 4.27. The summed E-state index contributed by atoms with van der Waals surface area (Å²) in [5.74, 6) is 0.0419. The van der Waals surface area contributed by atoms with Gasteiger partial charge in [-0.15, -0.1) is 0 Å². The molecule has 0 spiro atoms. The minimum atomic E-state index is -4.44. The van der Waals surface area contributed by atoms with Crippen molar-refractivity contribution in [3.63, 3.8) is 0 Å². The number of anilines is 1. The zero-order valence-electron chi connectivity index (χ0n) is 14.1. The lowest BCUT2D eigenvalue weighted by Gasteiger charge is -2.15. The van der Waals surface area contributed by atoms with Gasteiger partial charge in [-0.05, 0) is 30.3 Å². The minimum Gasteiger partial charge on any atom is -0.506 e. The maximum Gasteiger partial charge on any atom is 0.416 e. The number of hydrogen-bond acceptors (Lipinski definition) is 4. The molecule has 2 aromatic carbocycles. The molecule has 0 saturated heterocycles. The fraction of sp³-hybridized carbons (Fsp3) is 0.0526. The highest BCUT2D eigenvalue weighted by molar-refractivity contribution is 6.32. The number of aromatic nitrogens is 3. The lowest BCUT2D eigenvalue weighted by Crippen LogP contribution is -2.06. The van der Waals surface area contributed by atoms with Gasteiger partial charge >= 0.3 is 6.18 Å². The summed E-state index contributed by atoms with van der Waals surface area (Å²) in [6.45, 7) is 0. The highest BCUT2D eigenvalue weighted by atomic mass is 35.5. The Morgan fingerprint density at radius 3 is 2.36 bits per heavy atom. The van der Waals surface area contributed by atoms with Crippen LogP contribution < -0.4 is 5.73 Å². The lowest BCUT2D eigenvalue weighted by atomic mass is 10.0. The monoisotopic (exact) mass is 404 g/mol. The van der Waals surface area contributed by atoms with Crippen molar-refractivity contribution < 1.29 is 18.3 Å². The first-order valence-electron chi connectivity index (χ1n) is 8.05. The summed E-state index contributed by atoms with van der Waals surface area (Å²) in [7, 11) is 0. The van der Waals surface area contributed by atoms with Crippen molar-refractivity contribution in [3.8, 4) is 28.3 Å². The van der Waals surface area contributed by atoms with Crippen LogP contribution in [-0.2, 0) is 6.18 Å². The van der Waals surface area contributed by atoms with Gasteiger partial charge in [-0.1, -0.05) is 23.7 Å². The molecule has 0 aliphatic rings. The van der Waals surface area contributed by atoms with E-state index in [0.717, 1.165) is 12.1 Å². The summed E-state index contributed by atoms with van der Waals surface area (Å²) in [6.07, 6.45) is -1.24. The number of imidazole rings is 1. The second kappa shape index (κ2) is 6.42. The number of rotatable bonds is 2.